The van der Waals surface area contributed by atoms with Crippen LogP contribution in [0.5, 0.6) is 0 Å². The number of carbonyl (C=O) groups is 2. The van der Waals surface area contributed by atoms with E-state index >= 15 is 0 Å². The predicted molar refractivity (Wildman–Crippen MR) is 158 cm³/mol. The zero-order valence-corrected chi connectivity index (χ0v) is 24.5. The fraction of sp³-hybridized carbons (Fsp3) is 0.303. The van der Waals surface area contributed by atoms with Crippen LogP contribution in [0.1, 0.15) is 70.1 Å². The number of fused-ring (bicyclic) bond motifs is 1. The molecule has 2 amide bonds. The van der Waals surface area contributed by atoms with Crippen molar-refractivity contribution in [1.82, 2.24) is 15.2 Å². The van der Waals surface area contributed by atoms with Crippen LogP contribution < -0.4 is 5.32 Å². The quantitative estimate of drug-likeness (QED) is 0.196. The van der Waals surface area contributed by atoms with E-state index in [0.29, 0.717) is 17.1 Å². The maximum absolute atomic E-state index is 14.8. The molecule has 1 aliphatic heterocycles. The van der Waals surface area contributed by atoms with Crippen LogP contribution in [0.25, 0.3) is 10.6 Å². The molecule has 4 aromatic rings. The Hall–Kier alpha value is -3.82. The summed E-state index contributed by atoms with van der Waals surface area (Å²) in [4.78, 5) is 32.7. The second-order valence-corrected chi connectivity index (χ2v) is 12.6. The monoisotopic (exact) mass is 591 g/mol. The number of halogens is 3. The smallest absolute Gasteiger partial charge is 0.261 e. The normalized spacial score (nSPS) is 14.8. The van der Waals surface area contributed by atoms with Crippen molar-refractivity contribution < 1.29 is 22.8 Å². The van der Waals surface area contributed by atoms with Gasteiger partial charge in [0.25, 0.3) is 11.8 Å². The molecule has 1 aliphatic rings. The largest absolute Gasteiger partial charge is 0.308 e. The number of nitrogens with zero attached hydrogens (tertiary/aromatic N) is 2. The van der Waals surface area contributed by atoms with Gasteiger partial charge in [0.05, 0.1) is 28.9 Å². The lowest BCUT2D eigenvalue weighted by atomic mass is 9.83. The van der Waals surface area contributed by atoms with Crippen LogP contribution in [0.15, 0.2) is 72.8 Å². The lowest BCUT2D eigenvalue weighted by molar-refractivity contribution is 0.0548. The highest BCUT2D eigenvalue weighted by Gasteiger charge is 2.40. The molecule has 0 fully saturated rings. The number of benzene rings is 3. The van der Waals surface area contributed by atoms with Gasteiger partial charge >= 0.3 is 0 Å². The number of carbonyl (C=O) groups excluding carboxylic acids is 2. The van der Waals surface area contributed by atoms with Gasteiger partial charge in [-0.3, -0.25) is 14.5 Å². The standard InChI is InChI=1S/C33H32F3N3O2S/c1-33(2,3)29(37-16-15-22(19-34)39-31(40)23-11-7-8-12-24(23)32(39)41)28-27(17-20-9-5-4-6-10-20)42-30(38-28)25-18-21(35)13-14-26(25)36/h4-14,18,22,29,37H,15-17,19H2,1-3H3/t22-,29?/m0/s1. The summed E-state index contributed by atoms with van der Waals surface area (Å²) in [5.74, 6) is -2.09. The molecule has 0 spiro atoms. The summed E-state index contributed by atoms with van der Waals surface area (Å²) in [7, 11) is 0. The van der Waals surface area contributed by atoms with Crippen molar-refractivity contribution in [2.75, 3.05) is 13.2 Å². The fourth-order valence-electron chi connectivity index (χ4n) is 5.30. The molecule has 0 saturated carbocycles. The van der Waals surface area contributed by atoms with Gasteiger partial charge in [-0.2, -0.15) is 0 Å². The molecular weight excluding hydrogens is 559 g/mol. The zero-order valence-electron chi connectivity index (χ0n) is 23.7. The summed E-state index contributed by atoms with van der Waals surface area (Å²) in [6.07, 6.45) is 0.735. The fourth-order valence-corrected chi connectivity index (χ4v) is 6.45. The zero-order chi connectivity index (χ0) is 30.0. The van der Waals surface area contributed by atoms with E-state index in [1.165, 1.54) is 11.3 Å². The average Bonchev–Trinajstić information content (AvgIpc) is 3.48. The Bertz CT molecular complexity index is 1560. The Morgan fingerprint density at radius 2 is 1.55 bits per heavy atom. The van der Waals surface area contributed by atoms with Crippen molar-refractivity contribution in [1.29, 1.82) is 0 Å². The Kier molecular flexibility index (Phi) is 8.61. The molecule has 218 valence electrons. The molecule has 5 nitrogen and oxygen atoms in total. The Morgan fingerprint density at radius 3 is 2.17 bits per heavy atom. The number of thiazole rings is 1. The summed E-state index contributed by atoms with van der Waals surface area (Å²) in [6.45, 7) is 5.53. The van der Waals surface area contributed by atoms with Gasteiger partial charge in [0, 0.05) is 16.9 Å². The van der Waals surface area contributed by atoms with Gasteiger partial charge in [-0.1, -0.05) is 63.2 Å². The molecule has 2 heterocycles. The van der Waals surface area contributed by atoms with E-state index < -0.39 is 36.2 Å². The van der Waals surface area contributed by atoms with E-state index in [1.54, 1.807) is 24.3 Å². The Labute approximate surface area is 247 Å². The number of hydrogen-bond acceptors (Lipinski definition) is 5. The number of hydrogen-bond donors (Lipinski definition) is 1. The number of aromatic nitrogens is 1. The maximum Gasteiger partial charge on any atom is 0.261 e. The molecule has 5 rings (SSSR count). The first-order chi connectivity index (χ1) is 20.1. The summed E-state index contributed by atoms with van der Waals surface area (Å²) < 4.78 is 43.2. The summed E-state index contributed by atoms with van der Waals surface area (Å²) in [6, 6.07) is 18.4. The van der Waals surface area contributed by atoms with E-state index in [4.69, 9.17) is 4.98 Å². The molecule has 0 radical (unpaired) electrons. The molecule has 2 atom stereocenters. The first-order valence-electron chi connectivity index (χ1n) is 13.8. The number of alkyl halides is 1. The van der Waals surface area contributed by atoms with Crippen molar-refractivity contribution >= 4 is 23.2 Å². The highest BCUT2D eigenvalue weighted by Crippen LogP contribution is 2.40. The summed E-state index contributed by atoms with van der Waals surface area (Å²) in [5, 5.41) is 3.86. The highest BCUT2D eigenvalue weighted by molar-refractivity contribution is 7.15. The van der Waals surface area contributed by atoms with Gasteiger partial charge < -0.3 is 5.32 Å². The van der Waals surface area contributed by atoms with Crippen molar-refractivity contribution in [3.05, 3.63) is 112 Å². The second-order valence-electron chi connectivity index (χ2n) is 11.5. The van der Waals surface area contributed by atoms with Gasteiger partial charge in [0.2, 0.25) is 0 Å². The molecule has 0 aliphatic carbocycles. The summed E-state index contributed by atoms with van der Waals surface area (Å²) in [5.41, 5.74) is 2.03. The minimum atomic E-state index is -0.929. The van der Waals surface area contributed by atoms with Gasteiger partial charge in [0.15, 0.2) is 0 Å². The van der Waals surface area contributed by atoms with Gasteiger partial charge in [-0.05, 0) is 54.3 Å². The number of amides is 2. The molecule has 0 bridgehead atoms. The number of nitrogens with one attached hydrogen (secondary N) is 1. The highest BCUT2D eigenvalue weighted by atomic mass is 32.1. The van der Waals surface area contributed by atoms with E-state index in [2.05, 4.69) is 5.32 Å². The number of imide groups is 1. The van der Waals surface area contributed by atoms with Crippen molar-refractivity contribution in [2.24, 2.45) is 5.41 Å². The van der Waals surface area contributed by atoms with Crippen LogP contribution in [0, 0.1) is 17.0 Å². The molecule has 0 saturated heterocycles. The molecule has 9 heteroatoms. The average molecular weight is 592 g/mol. The van der Waals surface area contributed by atoms with Crippen LogP contribution >= 0.6 is 11.3 Å². The predicted octanol–water partition coefficient (Wildman–Crippen LogP) is 7.38. The lowest BCUT2D eigenvalue weighted by Crippen LogP contribution is -2.44. The third kappa shape index (κ3) is 6.03. The molecule has 42 heavy (non-hydrogen) atoms. The van der Waals surface area contributed by atoms with Crippen molar-refractivity contribution in [2.45, 2.75) is 45.7 Å². The van der Waals surface area contributed by atoms with E-state index in [-0.39, 0.29) is 41.1 Å². The molecule has 3 aromatic carbocycles. The minimum Gasteiger partial charge on any atom is -0.308 e. The number of rotatable bonds is 10. The lowest BCUT2D eigenvalue weighted by Gasteiger charge is -2.32. The minimum absolute atomic E-state index is 0.0938. The Morgan fingerprint density at radius 1 is 0.905 bits per heavy atom. The Balaban J connectivity index is 1.43. The first-order valence-corrected chi connectivity index (χ1v) is 14.7. The third-order valence-corrected chi connectivity index (χ3v) is 8.53. The van der Waals surface area contributed by atoms with Gasteiger partial charge in [-0.25, -0.2) is 18.2 Å². The molecular formula is C33H32F3N3O2S. The maximum atomic E-state index is 14.8. The van der Waals surface area contributed by atoms with E-state index in [1.807, 2.05) is 51.1 Å². The van der Waals surface area contributed by atoms with Crippen LogP contribution in [0.3, 0.4) is 0 Å². The molecule has 1 N–H and O–H groups in total. The van der Waals surface area contributed by atoms with Crippen molar-refractivity contribution in [3.63, 3.8) is 0 Å². The van der Waals surface area contributed by atoms with Gasteiger partial charge in [0.1, 0.15) is 23.3 Å². The molecule has 1 unspecified atom stereocenters. The molecule has 1 aromatic heterocycles. The summed E-state index contributed by atoms with van der Waals surface area (Å²) >= 11 is 1.32. The van der Waals surface area contributed by atoms with E-state index in [0.717, 1.165) is 33.5 Å². The third-order valence-electron chi connectivity index (χ3n) is 7.43. The SMILES string of the molecule is CC(C)(C)C(NCC[C@@H](CF)N1C(=O)c2ccccc2C1=O)c1nc(-c2cc(F)ccc2F)sc1Cc1ccccc1. The topological polar surface area (TPSA) is 62.3 Å². The van der Waals surface area contributed by atoms with Crippen LogP contribution in [-0.4, -0.2) is 41.0 Å². The van der Waals surface area contributed by atoms with Crippen LogP contribution in [0.2, 0.25) is 0 Å². The second kappa shape index (κ2) is 12.2. The van der Waals surface area contributed by atoms with Crippen LogP contribution in [-0.2, 0) is 6.42 Å². The first kappa shape index (κ1) is 29.7. The van der Waals surface area contributed by atoms with Gasteiger partial charge in [-0.15, -0.1) is 11.3 Å². The van der Waals surface area contributed by atoms with Crippen molar-refractivity contribution in [3.8, 4) is 10.6 Å². The van der Waals surface area contributed by atoms with E-state index in [9.17, 15) is 22.8 Å². The van der Waals surface area contributed by atoms with Crippen LogP contribution in [0.4, 0.5) is 13.2 Å².